The molecule has 4 atom stereocenters. The van der Waals surface area contributed by atoms with Gasteiger partial charge in [0.05, 0.1) is 6.10 Å². The molecule has 0 aromatic rings. The van der Waals surface area contributed by atoms with Crippen LogP contribution in [-0.2, 0) is 0 Å². The van der Waals surface area contributed by atoms with Crippen LogP contribution < -0.4 is 5.32 Å². The molecule has 0 aromatic heterocycles. The third-order valence-corrected chi connectivity index (χ3v) is 4.19. The van der Waals surface area contributed by atoms with E-state index >= 15 is 0 Å². The Kier molecular flexibility index (Phi) is 3.68. The highest BCUT2D eigenvalue weighted by atomic mass is 16.3. The molecule has 2 fully saturated rings. The van der Waals surface area contributed by atoms with Crippen molar-refractivity contribution in [1.29, 1.82) is 0 Å². The summed E-state index contributed by atoms with van der Waals surface area (Å²) in [5.41, 5.74) is 0. The van der Waals surface area contributed by atoms with Crippen LogP contribution in [0, 0.1) is 17.8 Å². The molecule has 88 valence electrons. The van der Waals surface area contributed by atoms with Crippen molar-refractivity contribution in [1.82, 2.24) is 5.32 Å². The van der Waals surface area contributed by atoms with E-state index < -0.39 is 0 Å². The molecule has 2 N–H and O–H groups in total. The van der Waals surface area contributed by atoms with Gasteiger partial charge in [0.1, 0.15) is 0 Å². The van der Waals surface area contributed by atoms with Crippen LogP contribution in [-0.4, -0.2) is 23.8 Å². The van der Waals surface area contributed by atoms with E-state index in [0.717, 1.165) is 18.4 Å². The lowest BCUT2D eigenvalue weighted by Crippen LogP contribution is -2.42. The van der Waals surface area contributed by atoms with Crippen LogP contribution in [0.15, 0.2) is 0 Å². The summed E-state index contributed by atoms with van der Waals surface area (Å²) >= 11 is 0. The van der Waals surface area contributed by atoms with E-state index in [1.807, 2.05) is 0 Å². The summed E-state index contributed by atoms with van der Waals surface area (Å²) in [6, 6.07) is 0.648. The number of aliphatic hydroxyl groups is 1. The Bertz CT molecular complexity index is 203. The minimum atomic E-state index is -0.0865. The summed E-state index contributed by atoms with van der Waals surface area (Å²) in [5.74, 6) is 2.28. The minimum absolute atomic E-state index is 0.0865. The quantitative estimate of drug-likeness (QED) is 0.747. The number of nitrogens with one attached hydrogen (secondary N) is 1. The Balaban J connectivity index is 1.69. The lowest BCUT2D eigenvalue weighted by molar-refractivity contribution is 0.131. The van der Waals surface area contributed by atoms with Gasteiger partial charge in [0.25, 0.3) is 0 Å². The highest BCUT2D eigenvalue weighted by molar-refractivity contribution is 4.86. The zero-order valence-electron chi connectivity index (χ0n) is 10.1. The molecule has 2 rings (SSSR count). The van der Waals surface area contributed by atoms with Crippen molar-refractivity contribution < 1.29 is 5.11 Å². The first-order valence-corrected chi connectivity index (χ1v) is 6.58. The molecule has 0 spiro atoms. The number of hydrogen-bond donors (Lipinski definition) is 2. The Hall–Kier alpha value is -0.0800. The van der Waals surface area contributed by atoms with Crippen LogP contribution in [0.4, 0.5) is 0 Å². The van der Waals surface area contributed by atoms with Gasteiger partial charge < -0.3 is 10.4 Å². The molecule has 2 saturated carbocycles. The fourth-order valence-electron chi connectivity index (χ4n) is 2.89. The molecule has 4 unspecified atom stereocenters. The maximum Gasteiger partial charge on any atom is 0.0692 e. The van der Waals surface area contributed by atoms with Crippen LogP contribution in [0.2, 0.25) is 0 Å². The summed E-state index contributed by atoms with van der Waals surface area (Å²) < 4.78 is 0. The summed E-state index contributed by atoms with van der Waals surface area (Å²) in [6.07, 6.45) is 6.37. The smallest absolute Gasteiger partial charge is 0.0692 e. The fourth-order valence-corrected chi connectivity index (χ4v) is 2.89. The highest BCUT2D eigenvalue weighted by Gasteiger charge is 2.31. The standard InChI is InChI=1S/C13H25NO/c1-9-3-6-12(10(2)7-9)14-8-13(15)11-4-5-11/h9-15H,3-8H2,1-2H3. The monoisotopic (exact) mass is 211 g/mol. The van der Waals surface area contributed by atoms with E-state index in [-0.39, 0.29) is 6.10 Å². The van der Waals surface area contributed by atoms with Gasteiger partial charge in [0.15, 0.2) is 0 Å². The van der Waals surface area contributed by atoms with Gasteiger partial charge in [-0.3, -0.25) is 0 Å². The Labute approximate surface area is 93.5 Å². The van der Waals surface area contributed by atoms with Gasteiger partial charge in [-0.15, -0.1) is 0 Å². The topological polar surface area (TPSA) is 32.3 Å². The van der Waals surface area contributed by atoms with Gasteiger partial charge in [-0.25, -0.2) is 0 Å². The zero-order chi connectivity index (χ0) is 10.8. The molecular weight excluding hydrogens is 186 g/mol. The zero-order valence-corrected chi connectivity index (χ0v) is 10.1. The Morgan fingerprint density at radius 1 is 1.20 bits per heavy atom. The van der Waals surface area contributed by atoms with E-state index in [9.17, 15) is 5.11 Å². The average molecular weight is 211 g/mol. The second kappa shape index (κ2) is 4.84. The SMILES string of the molecule is CC1CCC(NCC(O)C2CC2)C(C)C1. The van der Waals surface area contributed by atoms with E-state index in [0.29, 0.717) is 12.0 Å². The highest BCUT2D eigenvalue weighted by Crippen LogP contribution is 2.33. The van der Waals surface area contributed by atoms with Crippen LogP contribution in [0.1, 0.15) is 46.0 Å². The maximum absolute atomic E-state index is 9.80. The minimum Gasteiger partial charge on any atom is -0.392 e. The van der Waals surface area contributed by atoms with Gasteiger partial charge >= 0.3 is 0 Å². The molecule has 0 radical (unpaired) electrons. The Morgan fingerprint density at radius 3 is 2.53 bits per heavy atom. The summed E-state index contributed by atoms with van der Waals surface area (Å²) in [6.45, 7) is 5.51. The van der Waals surface area contributed by atoms with Crippen molar-refractivity contribution in [3.8, 4) is 0 Å². The summed E-state index contributed by atoms with van der Waals surface area (Å²) in [4.78, 5) is 0. The lowest BCUT2D eigenvalue weighted by Gasteiger charge is -2.33. The van der Waals surface area contributed by atoms with Crippen molar-refractivity contribution in [2.45, 2.75) is 58.1 Å². The largest absolute Gasteiger partial charge is 0.392 e. The third kappa shape index (κ3) is 3.18. The predicted molar refractivity (Wildman–Crippen MR) is 62.7 cm³/mol. The van der Waals surface area contributed by atoms with Crippen LogP contribution in [0.5, 0.6) is 0 Å². The molecule has 0 bridgehead atoms. The van der Waals surface area contributed by atoms with Crippen molar-refractivity contribution in [3.63, 3.8) is 0 Å². The normalized spacial score (nSPS) is 39.0. The van der Waals surface area contributed by atoms with E-state index in [1.54, 1.807) is 0 Å². The molecule has 2 heteroatoms. The summed E-state index contributed by atoms with van der Waals surface area (Å²) in [5, 5.41) is 13.4. The number of hydrogen-bond acceptors (Lipinski definition) is 2. The van der Waals surface area contributed by atoms with E-state index in [2.05, 4.69) is 19.2 Å². The third-order valence-electron chi connectivity index (χ3n) is 4.19. The first-order valence-electron chi connectivity index (χ1n) is 6.58. The van der Waals surface area contributed by atoms with Crippen LogP contribution >= 0.6 is 0 Å². The average Bonchev–Trinajstić information content (AvgIpc) is 2.99. The first-order chi connectivity index (χ1) is 7.16. The first kappa shape index (κ1) is 11.4. The second-order valence-corrected chi connectivity index (χ2v) is 5.82. The molecule has 2 nitrogen and oxygen atoms in total. The molecule has 2 aliphatic rings. The van der Waals surface area contributed by atoms with Crippen molar-refractivity contribution in [2.75, 3.05) is 6.54 Å². The molecule has 15 heavy (non-hydrogen) atoms. The number of rotatable bonds is 4. The van der Waals surface area contributed by atoms with E-state index in [4.69, 9.17) is 0 Å². The molecule has 0 aromatic carbocycles. The van der Waals surface area contributed by atoms with Crippen LogP contribution in [0.25, 0.3) is 0 Å². The molecular formula is C13H25NO. The summed E-state index contributed by atoms with van der Waals surface area (Å²) in [7, 11) is 0. The van der Waals surface area contributed by atoms with Crippen molar-refractivity contribution >= 4 is 0 Å². The molecule has 0 saturated heterocycles. The Morgan fingerprint density at radius 2 is 1.93 bits per heavy atom. The lowest BCUT2D eigenvalue weighted by atomic mass is 9.80. The molecule has 0 amide bonds. The van der Waals surface area contributed by atoms with Gasteiger partial charge in [0.2, 0.25) is 0 Å². The second-order valence-electron chi connectivity index (χ2n) is 5.82. The van der Waals surface area contributed by atoms with Crippen LogP contribution in [0.3, 0.4) is 0 Å². The van der Waals surface area contributed by atoms with Gasteiger partial charge in [0, 0.05) is 12.6 Å². The van der Waals surface area contributed by atoms with Crippen molar-refractivity contribution in [3.05, 3.63) is 0 Å². The number of aliphatic hydroxyl groups excluding tert-OH is 1. The van der Waals surface area contributed by atoms with Gasteiger partial charge in [-0.1, -0.05) is 13.8 Å². The maximum atomic E-state index is 9.80. The fraction of sp³-hybridized carbons (Fsp3) is 1.00. The molecule has 0 heterocycles. The van der Waals surface area contributed by atoms with E-state index in [1.165, 1.54) is 32.1 Å². The molecule has 2 aliphatic carbocycles. The molecule has 0 aliphatic heterocycles. The van der Waals surface area contributed by atoms with Gasteiger partial charge in [-0.2, -0.15) is 0 Å². The van der Waals surface area contributed by atoms with Crippen molar-refractivity contribution in [2.24, 2.45) is 17.8 Å². The van der Waals surface area contributed by atoms with Gasteiger partial charge in [-0.05, 0) is 49.9 Å². The predicted octanol–water partition coefficient (Wildman–Crippen LogP) is 2.17.